The molecule has 0 unspecified atom stereocenters. The van der Waals surface area contributed by atoms with Crippen LogP contribution in [0.2, 0.25) is 5.15 Å². The largest absolute Gasteiger partial charge is 0.481 e. The van der Waals surface area contributed by atoms with Gasteiger partial charge >= 0.3 is 5.97 Å². The number of benzene rings is 1. The number of nitrogens with zero attached hydrogens (tertiary/aromatic N) is 2. The van der Waals surface area contributed by atoms with Gasteiger partial charge in [0.05, 0.1) is 26.2 Å². The number of aromatic nitrogens is 2. The Kier molecular flexibility index (Phi) is 4.53. The first-order valence-corrected chi connectivity index (χ1v) is 6.26. The molecule has 0 aliphatic carbocycles. The summed E-state index contributed by atoms with van der Waals surface area (Å²) in [7, 11) is 2.77. The highest BCUT2D eigenvalue weighted by molar-refractivity contribution is 6.30. The van der Waals surface area contributed by atoms with Crippen LogP contribution in [-0.4, -0.2) is 30.2 Å². The smallest absolute Gasteiger partial charge is 0.310 e. The van der Waals surface area contributed by atoms with Crippen molar-refractivity contribution in [1.82, 2.24) is 9.97 Å². The Hall–Kier alpha value is -2.14. The van der Waals surface area contributed by atoms with Crippen LogP contribution in [0.3, 0.4) is 0 Å². The molecule has 0 spiro atoms. The maximum absolute atomic E-state index is 11.4. The van der Waals surface area contributed by atoms with Gasteiger partial charge in [0.2, 0.25) is 5.88 Å². The Morgan fingerprint density at radius 2 is 1.90 bits per heavy atom. The average molecular weight is 293 g/mol. The SMILES string of the molecule is COC(=O)Cc1c(Cl)nc(-c2ccccc2)nc1OC. The van der Waals surface area contributed by atoms with Gasteiger partial charge in [-0.3, -0.25) is 4.79 Å². The molecule has 5 nitrogen and oxygen atoms in total. The molecule has 0 aliphatic heterocycles. The van der Waals surface area contributed by atoms with Gasteiger partial charge in [-0.1, -0.05) is 41.9 Å². The Labute approximate surface area is 121 Å². The molecule has 1 heterocycles. The van der Waals surface area contributed by atoms with Crippen LogP contribution in [0.5, 0.6) is 5.88 Å². The Balaban J connectivity index is 2.45. The monoisotopic (exact) mass is 292 g/mol. The normalized spacial score (nSPS) is 10.2. The highest BCUT2D eigenvalue weighted by Crippen LogP contribution is 2.27. The third-order valence-electron chi connectivity index (χ3n) is 2.69. The zero-order valence-corrected chi connectivity index (χ0v) is 11.8. The summed E-state index contributed by atoms with van der Waals surface area (Å²) in [5.41, 5.74) is 1.23. The predicted octanol–water partition coefficient (Wildman–Crippen LogP) is 2.52. The summed E-state index contributed by atoms with van der Waals surface area (Å²) in [6.45, 7) is 0. The molecule has 0 amide bonds. The van der Waals surface area contributed by atoms with Gasteiger partial charge in [-0.25, -0.2) is 4.98 Å². The Morgan fingerprint density at radius 3 is 2.50 bits per heavy atom. The lowest BCUT2D eigenvalue weighted by atomic mass is 10.2. The van der Waals surface area contributed by atoms with E-state index in [1.165, 1.54) is 14.2 Å². The third kappa shape index (κ3) is 3.05. The molecule has 0 bridgehead atoms. The van der Waals surface area contributed by atoms with E-state index in [1.54, 1.807) is 0 Å². The van der Waals surface area contributed by atoms with E-state index in [0.717, 1.165) is 5.56 Å². The number of methoxy groups -OCH3 is 2. The molecule has 0 aliphatic rings. The Bertz CT molecular complexity index is 617. The van der Waals surface area contributed by atoms with Gasteiger partial charge in [0.1, 0.15) is 5.15 Å². The first kappa shape index (κ1) is 14.3. The van der Waals surface area contributed by atoms with Gasteiger partial charge in [-0.05, 0) is 0 Å². The van der Waals surface area contributed by atoms with Crippen molar-refractivity contribution < 1.29 is 14.3 Å². The minimum atomic E-state index is -0.429. The lowest BCUT2D eigenvalue weighted by Gasteiger charge is -2.10. The number of carbonyl (C=O) groups is 1. The number of esters is 1. The third-order valence-corrected chi connectivity index (χ3v) is 3.01. The van der Waals surface area contributed by atoms with E-state index in [1.807, 2.05) is 30.3 Å². The number of hydrogen-bond donors (Lipinski definition) is 0. The molecule has 0 N–H and O–H groups in total. The van der Waals surface area contributed by atoms with Crippen LogP contribution >= 0.6 is 11.6 Å². The van der Waals surface area contributed by atoms with Gasteiger partial charge in [-0.2, -0.15) is 4.98 Å². The van der Waals surface area contributed by atoms with Crippen molar-refractivity contribution in [3.05, 3.63) is 41.0 Å². The van der Waals surface area contributed by atoms with Gasteiger partial charge < -0.3 is 9.47 Å². The van der Waals surface area contributed by atoms with Crippen LogP contribution in [0.1, 0.15) is 5.56 Å². The van der Waals surface area contributed by atoms with Crippen molar-refractivity contribution >= 4 is 17.6 Å². The van der Waals surface area contributed by atoms with E-state index in [9.17, 15) is 4.79 Å². The van der Waals surface area contributed by atoms with Gasteiger partial charge in [0.15, 0.2) is 5.82 Å². The molecular weight excluding hydrogens is 280 g/mol. The van der Waals surface area contributed by atoms with Crippen LogP contribution in [0.4, 0.5) is 0 Å². The maximum atomic E-state index is 11.4. The molecule has 2 rings (SSSR count). The van der Waals surface area contributed by atoms with E-state index in [-0.39, 0.29) is 17.5 Å². The minimum absolute atomic E-state index is 0.0342. The molecule has 1 aromatic heterocycles. The molecule has 2 aromatic rings. The van der Waals surface area contributed by atoms with E-state index >= 15 is 0 Å². The highest BCUT2D eigenvalue weighted by Gasteiger charge is 2.18. The topological polar surface area (TPSA) is 61.3 Å². The van der Waals surface area contributed by atoms with E-state index in [2.05, 4.69) is 14.7 Å². The molecule has 0 atom stereocenters. The fraction of sp³-hybridized carbons (Fsp3) is 0.214. The fourth-order valence-corrected chi connectivity index (χ4v) is 1.92. The van der Waals surface area contributed by atoms with Crippen molar-refractivity contribution in [2.45, 2.75) is 6.42 Å². The molecule has 0 radical (unpaired) electrons. The number of rotatable bonds is 4. The zero-order chi connectivity index (χ0) is 14.5. The molecule has 104 valence electrons. The molecular formula is C14H13ClN2O3. The van der Waals surface area contributed by atoms with Gasteiger partial charge in [-0.15, -0.1) is 0 Å². The minimum Gasteiger partial charge on any atom is -0.481 e. The number of halogens is 1. The van der Waals surface area contributed by atoms with Gasteiger partial charge in [0.25, 0.3) is 0 Å². The number of carbonyl (C=O) groups excluding carboxylic acids is 1. The van der Waals surface area contributed by atoms with E-state index in [4.69, 9.17) is 16.3 Å². The first-order valence-electron chi connectivity index (χ1n) is 5.88. The average Bonchev–Trinajstić information content (AvgIpc) is 2.49. The lowest BCUT2D eigenvalue weighted by molar-refractivity contribution is -0.139. The molecule has 20 heavy (non-hydrogen) atoms. The van der Waals surface area contributed by atoms with Crippen molar-refractivity contribution in [3.8, 4) is 17.3 Å². The Morgan fingerprint density at radius 1 is 1.20 bits per heavy atom. The predicted molar refractivity (Wildman–Crippen MR) is 74.8 cm³/mol. The summed E-state index contributed by atoms with van der Waals surface area (Å²) in [5.74, 6) is 0.288. The van der Waals surface area contributed by atoms with Crippen LogP contribution < -0.4 is 4.74 Å². The van der Waals surface area contributed by atoms with Crippen molar-refractivity contribution in [2.24, 2.45) is 0 Å². The summed E-state index contributed by atoms with van der Waals surface area (Å²) < 4.78 is 9.81. The van der Waals surface area contributed by atoms with Crippen LogP contribution in [0, 0.1) is 0 Å². The second-order valence-electron chi connectivity index (χ2n) is 3.94. The molecule has 0 saturated heterocycles. The molecule has 0 saturated carbocycles. The molecule has 1 aromatic carbocycles. The second kappa shape index (κ2) is 6.34. The van der Waals surface area contributed by atoms with Crippen molar-refractivity contribution in [1.29, 1.82) is 0 Å². The molecule has 6 heteroatoms. The molecule has 0 fully saturated rings. The first-order chi connectivity index (χ1) is 9.65. The summed E-state index contributed by atoms with van der Waals surface area (Å²) >= 11 is 6.13. The number of ether oxygens (including phenoxy) is 2. The fourth-order valence-electron chi connectivity index (χ4n) is 1.69. The quantitative estimate of drug-likeness (QED) is 0.640. The van der Waals surface area contributed by atoms with Crippen LogP contribution in [0.15, 0.2) is 30.3 Å². The van der Waals surface area contributed by atoms with E-state index in [0.29, 0.717) is 11.4 Å². The number of hydrogen-bond acceptors (Lipinski definition) is 5. The van der Waals surface area contributed by atoms with Crippen molar-refractivity contribution in [3.63, 3.8) is 0 Å². The maximum Gasteiger partial charge on any atom is 0.310 e. The van der Waals surface area contributed by atoms with Crippen LogP contribution in [-0.2, 0) is 16.0 Å². The summed E-state index contributed by atoms with van der Waals surface area (Å²) in [6, 6.07) is 9.38. The van der Waals surface area contributed by atoms with Gasteiger partial charge in [0, 0.05) is 5.56 Å². The van der Waals surface area contributed by atoms with E-state index < -0.39 is 5.97 Å². The summed E-state index contributed by atoms with van der Waals surface area (Å²) in [5, 5.41) is 0.182. The highest BCUT2D eigenvalue weighted by atomic mass is 35.5. The van der Waals surface area contributed by atoms with Crippen LogP contribution in [0.25, 0.3) is 11.4 Å². The summed E-state index contributed by atoms with van der Waals surface area (Å²) in [6.07, 6.45) is -0.0342. The standard InChI is InChI=1S/C14H13ClN2O3/c1-19-11(18)8-10-12(15)16-13(17-14(10)20-2)9-6-4-3-5-7-9/h3-7H,8H2,1-2H3. The second-order valence-corrected chi connectivity index (χ2v) is 4.30. The van der Waals surface area contributed by atoms with Crippen molar-refractivity contribution in [2.75, 3.05) is 14.2 Å². The zero-order valence-electron chi connectivity index (χ0n) is 11.1. The summed E-state index contributed by atoms with van der Waals surface area (Å²) in [4.78, 5) is 19.9. The lowest BCUT2D eigenvalue weighted by Crippen LogP contribution is -2.09.